The molecule has 1 aliphatic rings. The van der Waals surface area contributed by atoms with Crippen molar-refractivity contribution in [2.75, 3.05) is 6.61 Å². The van der Waals surface area contributed by atoms with Crippen molar-refractivity contribution < 1.29 is 9.53 Å². The Hall–Kier alpha value is -0.830. The lowest BCUT2D eigenvalue weighted by Crippen LogP contribution is -2.05. The second kappa shape index (κ2) is 3.73. The third kappa shape index (κ3) is 1.69. The molecule has 1 saturated carbocycles. The van der Waals surface area contributed by atoms with Crippen molar-refractivity contribution in [1.29, 1.82) is 0 Å². The van der Waals surface area contributed by atoms with Gasteiger partial charge in [0.15, 0.2) is 0 Å². The fourth-order valence-electron chi connectivity index (χ4n) is 1.71. The van der Waals surface area contributed by atoms with Crippen molar-refractivity contribution in [2.45, 2.75) is 32.6 Å². The van der Waals surface area contributed by atoms with Gasteiger partial charge in [0.2, 0.25) is 0 Å². The predicted molar refractivity (Wildman–Crippen MR) is 57.0 cm³/mol. The van der Waals surface area contributed by atoms with Crippen LogP contribution in [0.1, 0.15) is 46.5 Å². The lowest BCUT2D eigenvalue weighted by Gasteiger charge is -2.03. The highest BCUT2D eigenvalue weighted by atomic mass is 32.1. The first-order valence-electron chi connectivity index (χ1n) is 4.99. The van der Waals surface area contributed by atoms with Gasteiger partial charge in [0, 0.05) is 10.3 Å². The zero-order valence-corrected chi connectivity index (χ0v) is 9.32. The molecule has 1 aliphatic carbocycles. The first kappa shape index (κ1) is 9.71. The van der Waals surface area contributed by atoms with Gasteiger partial charge in [-0.15, -0.1) is 11.3 Å². The van der Waals surface area contributed by atoms with E-state index >= 15 is 0 Å². The van der Waals surface area contributed by atoms with Crippen LogP contribution in [0.3, 0.4) is 0 Å². The van der Waals surface area contributed by atoms with Gasteiger partial charge >= 0.3 is 5.97 Å². The van der Waals surface area contributed by atoms with E-state index in [9.17, 15) is 4.79 Å². The lowest BCUT2D eigenvalue weighted by atomic mass is 10.1. The van der Waals surface area contributed by atoms with Crippen LogP contribution in [0.4, 0.5) is 0 Å². The van der Waals surface area contributed by atoms with Gasteiger partial charge < -0.3 is 4.74 Å². The smallest absolute Gasteiger partial charge is 0.339 e. The monoisotopic (exact) mass is 210 g/mol. The Morgan fingerprint density at radius 1 is 1.64 bits per heavy atom. The molecule has 0 aromatic carbocycles. The summed E-state index contributed by atoms with van der Waals surface area (Å²) in [4.78, 5) is 12.9. The highest BCUT2D eigenvalue weighted by Gasteiger charge is 2.31. The largest absolute Gasteiger partial charge is 0.462 e. The minimum atomic E-state index is -0.154. The summed E-state index contributed by atoms with van der Waals surface area (Å²) in [5.41, 5.74) is 2.05. The maximum Gasteiger partial charge on any atom is 0.339 e. The number of carbonyl (C=O) groups is 1. The van der Waals surface area contributed by atoms with Crippen LogP contribution in [0.5, 0.6) is 0 Å². The Morgan fingerprint density at radius 3 is 2.93 bits per heavy atom. The van der Waals surface area contributed by atoms with Crippen LogP contribution in [-0.4, -0.2) is 12.6 Å². The number of carbonyl (C=O) groups excluding carboxylic acids is 1. The van der Waals surface area contributed by atoms with E-state index in [1.54, 1.807) is 11.3 Å². The molecular weight excluding hydrogens is 196 g/mol. The number of hydrogen-bond acceptors (Lipinski definition) is 3. The molecular formula is C11H14O2S. The standard InChI is InChI=1S/C11H14O2S/c1-3-13-11(12)9-6-14-7(2)10(9)8-4-5-8/h6,8H,3-5H2,1-2H3. The lowest BCUT2D eigenvalue weighted by molar-refractivity contribution is 0.0525. The van der Waals surface area contributed by atoms with E-state index in [1.807, 2.05) is 12.3 Å². The molecule has 76 valence electrons. The van der Waals surface area contributed by atoms with E-state index in [1.165, 1.54) is 23.3 Å². The second-order valence-electron chi connectivity index (χ2n) is 3.61. The molecule has 0 aliphatic heterocycles. The molecule has 0 amide bonds. The van der Waals surface area contributed by atoms with Crippen molar-refractivity contribution in [3.05, 3.63) is 21.4 Å². The zero-order chi connectivity index (χ0) is 10.1. The maximum atomic E-state index is 11.6. The van der Waals surface area contributed by atoms with Crippen molar-refractivity contribution in [1.82, 2.24) is 0 Å². The average Bonchev–Trinajstić information content (AvgIpc) is 2.90. The molecule has 1 heterocycles. The Kier molecular flexibility index (Phi) is 2.59. The molecule has 0 atom stereocenters. The van der Waals surface area contributed by atoms with Crippen LogP contribution in [0.2, 0.25) is 0 Å². The summed E-state index contributed by atoms with van der Waals surface area (Å²) in [5.74, 6) is 0.472. The molecule has 0 bridgehead atoms. The third-order valence-electron chi connectivity index (χ3n) is 2.50. The Balaban J connectivity index is 2.28. The molecule has 2 nitrogen and oxygen atoms in total. The quantitative estimate of drug-likeness (QED) is 0.716. The van der Waals surface area contributed by atoms with Gasteiger partial charge in [0.1, 0.15) is 0 Å². The predicted octanol–water partition coefficient (Wildman–Crippen LogP) is 3.11. The van der Waals surface area contributed by atoms with Crippen molar-refractivity contribution in [2.24, 2.45) is 0 Å². The van der Waals surface area contributed by atoms with E-state index in [2.05, 4.69) is 6.92 Å². The zero-order valence-electron chi connectivity index (χ0n) is 8.50. The van der Waals surface area contributed by atoms with E-state index in [-0.39, 0.29) is 5.97 Å². The molecule has 3 heteroatoms. The molecule has 1 aromatic rings. The van der Waals surface area contributed by atoms with E-state index in [0.717, 1.165) is 5.56 Å². The first-order valence-corrected chi connectivity index (χ1v) is 5.87. The van der Waals surface area contributed by atoms with E-state index in [4.69, 9.17) is 4.74 Å². The Morgan fingerprint density at radius 2 is 2.36 bits per heavy atom. The first-order chi connectivity index (χ1) is 6.74. The average molecular weight is 210 g/mol. The van der Waals surface area contributed by atoms with Gasteiger partial charge in [-0.25, -0.2) is 4.79 Å². The van der Waals surface area contributed by atoms with Gasteiger partial charge in [-0.3, -0.25) is 0 Å². The number of ether oxygens (including phenoxy) is 1. The van der Waals surface area contributed by atoms with Crippen molar-refractivity contribution in [3.63, 3.8) is 0 Å². The minimum absolute atomic E-state index is 0.154. The Bertz CT molecular complexity index is 350. The fraction of sp³-hybridized carbons (Fsp3) is 0.545. The van der Waals surface area contributed by atoms with Gasteiger partial charge in [0.05, 0.1) is 12.2 Å². The highest BCUT2D eigenvalue weighted by molar-refractivity contribution is 7.10. The van der Waals surface area contributed by atoms with Gasteiger partial charge in [-0.05, 0) is 38.2 Å². The summed E-state index contributed by atoms with van der Waals surface area (Å²) in [7, 11) is 0. The normalized spacial score (nSPS) is 15.6. The number of aryl methyl sites for hydroxylation is 1. The van der Waals surface area contributed by atoms with Crippen LogP contribution < -0.4 is 0 Å². The minimum Gasteiger partial charge on any atom is -0.462 e. The molecule has 1 aromatic heterocycles. The van der Waals surface area contributed by atoms with Crippen molar-refractivity contribution in [3.8, 4) is 0 Å². The molecule has 0 N–H and O–H groups in total. The summed E-state index contributed by atoms with van der Waals surface area (Å²) < 4.78 is 5.03. The molecule has 0 radical (unpaired) electrons. The summed E-state index contributed by atoms with van der Waals surface area (Å²) in [6.45, 7) is 4.38. The third-order valence-corrected chi connectivity index (χ3v) is 3.43. The molecule has 0 unspecified atom stereocenters. The highest BCUT2D eigenvalue weighted by Crippen LogP contribution is 2.45. The molecule has 0 spiro atoms. The summed E-state index contributed by atoms with van der Waals surface area (Å²) in [5, 5.41) is 1.93. The van der Waals surface area contributed by atoms with Crippen LogP contribution in [0, 0.1) is 6.92 Å². The molecule has 1 fully saturated rings. The van der Waals surface area contributed by atoms with E-state index < -0.39 is 0 Å². The summed E-state index contributed by atoms with van der Waals surface area (Å²) in [6.07, 6.45) is 2.45. The summed E-state index contributed by atoms with van der Waals surface area (Å²) >= 11 is 1.65. The van der Waals surface area contributed by atoms with Gasteiger partial charge in [-0.2, -0.15) is 0 Å². The maximum absolute atomic E-state index is 11.6. The van der Waals surface area contributed by atoms with Crippen LogP contribution in [0.25, 0.3) is 0 Å². The number of thiophene rings is 1. The summed E-state index contributed by atoms with van der Waals surface area (Å²) in [6, 6.07) is 0. The molecule has 14 heavy (non-hydrogen) atoms. The SMILES string of the molecule is CCOC(=O)c1csc(C)c1C1CC1. The molecule has 0 saturated heterocycles. The second-order valence-corrected chi connectivity index (χ2v) is 4.70. The number of hydrogen-bond donors (Lipinski definition) is 0. The Labute approximate surface area is 87.9 Å². The van der Waals surface area contributed by atoms with Gasteiger partial charge in [-0.1, -0.05) is 0 Å². The number of rotatable bonds is 3. The van der Waals surface area contributed by atoms with E-state index in [0.29, 0.717) is 12.5 Å². The van der Waals surface area contributed by atoms with Crippen LogP contribution in [0.15, 0.2) is 5.38 Å². The van der Waals surface area contributed by atoms with Crippen LogP contribution >= 0.6 is 11.3 Å². The molecule has 2 rings (SSSR count). The van der Waals surface area contributed by atoms with Gasteiger partial charge in [0.25, 0.3) is 0 Å². The number of esters is 1. The fourth-order valence-corrected chi connectivity index (χ4v) is 2.63. The van der Waals surface area contributed by atoms with Crippen molar-refractivity contribution >= 4 is 17.3 Å². The topological polar surface area (TPSA) is 26.3 Å². The van der Waals surface area contributed by atoms with Crippen LogP contribution in [-0.2, 0) is 4.74 Å².